The maximum atomic E-state index is 10.3. The van der Waals surface area contributed by atoms with E-state index >= 15 is 0 Å². The molecule has 0 radical (unpaired) electrons. The fourth-order valence-corrected chi connectivity index (χ4v) is 1.70. The van der Waals surface area contributed by atoms with Gasteiger partial charge in [-0.25, -0.2) is 4.79 Å². The first-order valence-corrected chi connectivity index (χ1v) is 6.19. The highest BCUT2D eigenvalue weighted by Crippen LogP contribution is 2.14. The molecule has 0 fully saturated rings. The van der Waals surface area contributed by atoms with E-state index in [1.807, 2.05) is 13.8 Å². The lowest BCUT2D eigenvalue weighted by molar-refractivity contribution is -0.131. The second-order valence-corrected chi connectivity index (χ2v) is 4.69. The highest BCUT2D eigenvalue weighted by Gasteiger charge is 2.00. The second-order valence-electron chi connectivity index (χ2n) is 4.69. The predicted octanol–water partition coefficient (Wildman–Crippen LogP) is 3.15. The molecule has 2 atom stereocenters. The van der Waals surface area contributed by atoms with Crippen LogP contribution in [0.15, 0.2) is 23.8 Å². The summed E-state index contributed by atoms with van der Waals surface area (Å²) < 4.78 is 0. The minimum absolute atomic E-state index is 0.207. The molecule has 0 aromatic rings. The summed E-state index contributed by atoms with van der Waals surface area (Å²) >= 11 is 0. The highest BCUT2D eigenvalue weighted by atomic mass is 16.4. The Labute approximate surface area is 104 Å². The van der Waals surface area contributed by atoms with E-state index in [9.17, 15) is 4.79 Å². The Kier molecular flexibility index (Phi) is 8.42. The molecule has 0 aliphatic rings. The molecule has 3 nitrogen and oxygen atoms in total. The summed E-state index contributed by atoms with van der Waals surface area (Å²) in [7, 11) is 0. The van der Waals surface area contributed by atoms with Gasteiger partial charge in [0.25, 0.3) is 0 Å². The van der Waals surface area contributed by atoms with Crippen molar-refractivity contribution < 1.29 is 15.0 Å². The zero-order valence-electron chi connectivity index (χ0n) is 11.0. The van der Waals surface area contributed by atoms with Gasteiger partial charge in [-0.3, -0.25) is 0 Å². The number of aliphatic hydroxyl groups excluding tert-OH is 1. The van der Waals surface area contributed by atoms with Crippen LogP contribution in [0.5, 0.6) is 0 Å². The van der Waals surface area contributed by atoms with Crippen LogP contribution in [-0.4, -0.2) is 22.3 Å². The summed E-state index contributed by atoms with van der Waals surface area (Å²) in [6, 6.07) is 0. The van der Waals surface area contributed by atoms with Gasteiger partial charge < -0.3 is 10.2 Å². The van der Waals surface area contributed by atoms with Gasteiger partial charge in [-0.2, -0.15) is 0 Å². The van der Waals surface area contributed by atoms with Gasteiger partial charge >= 0.3 is 5.97 Å². The third-order valence-electron chi connectivity index (χ3n) is 2.57. The molecule has 0 aromatic carbocycles. The van der Waals surface area contributed by atoms with Crippen LogP contribution in [-0.2, 0) is 4.79 Å². The molecule has 0 saturated carbocycles. The average Bonchev–Trinajstić information content (AvgIpc) is 2.21. The maximum absolute atomic E-state index is 10.3. The topological polar surface area (TPSA) is 57.5 Å². The molecule has 0 rings (SSSR count). The first kappa shape index (κ1) is 15.9. The van der Waals surface area contributed by atoms with E-state index in [1.54, 1.807) is 6.08 Å². The zero-order chi connectivity index (χ0) is 13.3. The van der Waals surface area contributed by atoms with E-state index in [1.165, 1.54) is 0 Å². The van der Waals surface area contributed by atoms with Crippen molar-refractivity contribution in [2.45, 2.75) is 52.6 Å². The molecular formula is C14H24O3. The summed E-state index contributed by atoms with van der Waals surface area (Å²) in [6.07, 6.45) is 8.72. The number of allylic oxidation sites excluding steroid dienone is 3. The molecule has 0 heterocycles. The maximum Gasteiger partial charge on any atom is 0.328 e. The minimum Gasteiger partial charge on any atom is -0.478 e. The van der Waals surface area contributed by atoms with Gasteiger partial charge in [-0.15, -0.1) is 0 Å². The summed E-state index contributed by atoms with van der Waals surface area (Å²) in [4.78, 5) is 10.3. The number of hydrogen-bond donors (Lipinski definition) is 2. The Hall–Kier alpha value is -1.09. The van der Waals surface area contributed by atoms with Crippen LogP contribution in [0, 0.1) is 5.92 Å². The molecule has 3 heteroatoms. The van der Waals surface area contributed by atoms with Crippen LogP contribution in [0.4, 0.5) is 0 Å². The van der Waals surface area contributed by atoms with Gasteiger partial charge in [0.2, 0.25) is 0 Å². The first-order valence-electron chi connectivity index (χ1n) is 6.19. The van der Waals surface area contributed by atoms with E-state index in [-0.39, 0.29) is 6.10 Å². The van der Waals surface area contributed by atoms with E-state index in [0.717, 1.165) is 37.3 Å². The fourth-order valence-electron chi connectivity index (χ4n) is 1.70. The number of aliphatic carboxylic acids is 1. The van der Waals surface area contributed by atoms with Crippen LogP contribution in [0.3, 0.4) is 0 Å². The summed E-state index contributed by atoms with van der Waals surface area (Å²) in [6.45, 7) is 5.84. The van der Waals surface area contributed by atoms with Crippen molar-refractivity contribution >= 4 is 5.97 Å². The lowest BCUT2D eigenvalue weighted by atomic mass is 10.00. The van der Waals surface area contributed by atoms with Gasteiger partial charge in [-0.1, -0.05) is 37.5 Å². The molecule has 0 bridgehead atoms. The molecule has 98 valence electrons. The third kappa shape index (κ3) is 11.2. The first-order chi connectivity index (χ1) is 7.91. The average molecular weight is 240 g/mol. The second kappa shape index (κ2) is 8.99. The lowest BCUT2D eigenvalue weighted by Crippen LogP contribution is -1.99. The van der Waals surface area contributed by atoms with Gasteiger partial charge in [0, 0.05) is 6.08 Å². The highest BCUT2D eigenvalue weighted by molar-refractivity contribution is 5.80. The van der Waals surface area contributed by atoms with E-state index in [0.29, 0.717) is 5.92 Å². The fraction of sp³-hybridized carbons (Fsp3) is 0.643. The quantitative estimate of drug-likeness (QED) is 0.389. The van der Waals surface area contributed by atoms with Crippen LogP contribution in [0.1, 0.15) is 46.5 Å². The van der Waals surface area contributed by atoms with Crippen molar-refractivity contribution in [2.24, 2.45) is 5.92 Å². The van der Waals surface area contributed by atoms with E-state index in [4.69, 9.17) is 10.2 Å². The molecule has 0 aromatic heterocycles. The third-order valence-corrected chi connectivity index (χ3v) is 2.57. The Morgan fingerprint density at radius 1 is 1.18 bits per heavy atom. The number of carbonyl (C=O) groups is 1. The minimum atomic E-state index is -0.915. The number of carboxylic acid groups (broad SMARTS) is 1. The van der Waals surface area contributed by atoms with Crippen molar-refractivity contribution in [3.05, 3.63) is 23.8 Å². The van der Waals surface area contributed by atoms with Crippen LogP contribution in [0.25, 0.3) is 0 Å². The number of rotatable bonds is 8. The Balaban J connectivity index is 3.86. The zero-order valence-corrected chi connectivity index (χ0v) is 11.0. The number of aliphatic hydroxyl groups is 1. The van der Waals surface area contributed by atoms with Crippen molar-refractivity contribution in [1.29, 1.82) is 0 Å². The SMILES string of the molecule is CC(C=CC(=O)O)=CC(C)CCCCC(C)O. The molecule has 0 amide bonds. The number of unbranched alkanes of at least 4 members (excludes halogenated alkanes) is 1. The molecule has 0 aliphatic heterocycles. The van der Waals surface area contributed by atoms with Gasteiger partial charge in [0.1, 0.15) is 0 Å². The molecule has 0 saturated heterocycles. The monoisotopic (exact) mass is 240 g/mol. The summed E-state index contributed by atoms with van der Waals surface area (Å²) in [5, 5.41) is 17.6. The molecule has 2 N–H and O–H groups in total. The van der Waals surface area contributed by atoms with Crippen LogP contribution >= 0.6 is 0 Å². The van der Waals surface area contributed by atoms with E-state index < -0.39 is 5.97 Å². The van der Waals surface area contributed by atoms with Crippen LogP contribution in [0.2, 0.25) is 0 Å². The van der Waals surface area contributed by atoms with Gasteiger partial charge in [0.15, 0.2) is 0 Å². The van der Waals surface area contributed by atoms with Crippen molar-refractivity contribution in [1.82, 2.24) is 0 Å². The largest absolute Gasteiger partial charge is 0.478 e. The van der Waals surface area contributed by atoms with E-state index in [2.05, 4.69) is 13.0 Å². The standard InChI is InChI=1S/C14H24O3/c1-11(6-4-5-7-13(3)15)10-12(2)8-9-14(16)17/h8-11,13,15H,4-7H2,1-3H3,(H,16,17). The smallest absolute Gasteiger partial charge is 0.328 e. The Morgan fingerprint density at radius 3 is 2.29 bits per heavy atom. The van der Waals surface area contributed by atoms with Gasteiger partial charge in [0.05, 0.1) is 6.10 Å². The van der Waals surface area contributed by atoms with Crippen molar-refractivity contribution in [2.75, 3.05) is 0 Å². The predicted molar refractivity (Wildman–Crippen MR) is 69.8 cm³/mol. The molecule has 17 heavy (non-hydrogen) atoms. The lowest BCUT2D eigenvalue weighted by Gasteiger charge is -2.08. The number of carboxylic acids is 1. The van der Waals surface area contributed by atoms with Crippen molar-refractivity contribution in [3.8, 4) is 0 Å². The molecule has 0 aliphatic carbocycles. The van der Waals surface area contributed by atoms with Gasteiger partial charge in [-0.05, 0) is 32.6 Å². The Morgan fingerprint density at radius 2 is 1.76 bits per heavy atom. The van der Waals surface area contributed by atoms with Crippen molar-refractivity contribution in [3.63, 3.8) is 0 Å². The molecule has 2 unspecified atom stereocenters. The normalized spacial score (nSPS) is 16.1. The molecular weight excluding hydrogens is 216 g/mol. The summed E-state index contributed by atoms with van der Waals surface area (Å²) in [5.74, 6) is -0.468. The summed E-state index contributed by atoms with van der Waals surface area (Å²) in [5.41, 5.74) is 0.982. The Bertz CT molecular complexity index is 277. The number of hydrogen-bond acceptors (Lipinski definition) is 2. The molecule has 0 spiro atoms. The van der Waals surface area contributed by atoms with Crippen LogP contribution < -0.4 is 0 Å².